The Labute approximate surface area is 209 Å². The molecule has 190 valence electrons. The monoisotopic (exact) mass is 508 g/mol. The second-order valence-corrected chi connectivity index (χ2v) is 7.51. The third kappa shape index (κ3) is 6.39. The van der Waals surface area contributed by atoms with Gasteiger partial charge in [-0.3, -0.25) is 19.2 Å². The number of nitrogens with one attached hydrogen (secondary N) is 2. The van der Waals surface area contributed by atoms with Crippen LogP contribution in [0.25, 0.3) is 0 Å². The zero-order valence-corrected chi connectivity index (χ0v) is 19.4. The average Bonchev–Trinajstić information content (AvgIpc) is 2.81. The largest absolute Gasteiger partial charge is 0.504 e. The summed E-state index contributed by atoms with van der Waals surface area (Å²) in [7, 11) is 0. The minimum atomic E-state index is -1.37. The minimum absolute atomic E-state index is 0.0585. The van der Waals surface area contributed by atoms with Crippen LogP contribution in [0.4, 0.5) is 11.4 Å². The molecule has 3 rings (SSSR count). The Morgan fingerprint density at radius 3 is 1.84 bits per heavy atom. The molecule has 0 unspecified atom stereocenters. The van der Waals surface area contributed by atoms with Crippen molar-refractivity contribution in [3.05, 3.63) is 71.3 Å². The molecule has 0 radical (unpaired) electrons. The summed E-state index contributed by atoms with van der Waals surface area (Å²) in [6, 6.07) is 11.2. The number of carboxylic acid groups (broad SMARTS) is 1. The summed E-state index contributed by atoms with van der Waals surface area (Å²) in [5.41, 5.74) is -0.907. The van der Waals surface area contributed by atoms with Crippen LogP contribution in [0.15, 0.2) is 54.6 Å². The molecule has 2 amide bonds. The van der Waals surface area contributed by atoms with Crippen LogP contribution in [-0.4, -0.2) is 45.0 Å². The number of benzene rings is 3. The van der Waals surface area contributed by atoms with Crippen LogP contribution in [-0.2, 0) is 9.59 Å². The lowest BCUT2D eigenvalue weighted by Crippen LogP contribution is -2.17. The number of phenolic OH excluding ortho intramolecular Hbond substituents is 2. The topological polar surface area (TPSA) is 189 Å². The van der Waals surface area contributed by atoms with Gasteiger partial charge in [-0.15, -0.1) is 0 Å². The van der Waals surface area contributed by atoms with Gasteiger partial charge in [-0.25, -0.2) is 4.79 Å². The van der Waals surface area contributed by atoms with Crippen LogP contribution < -0.4 is 20.1 Å². The summed E-state index contributed by atoms with van der Waals surface area (Å²) < 4.78 is 10.1. The molecular weight excluding hydrogens is 488 g/mol. The molecular formula is C25H20N2O10. The number of para-hydroxylation sites is 2. The number of esters is 2. The molecule has 37 heavy (non-hydrogen) atoms. The predicted octanol–water partition coefficient (Wildman–Crippen LogP) is 3.15. The molecule has 0 saturated heterocycles. The van der Waals surface area contributed by atoms with E-state index < -0.39 is 41.2 Å². The van der Waals surface area contributed by atoms with Crippen molar-refractivity contribution < 1.29 is 48.8 Å². The van der Waals surface area contributed by atoms with Crippen molar-refractivity contribution in [2.24, 2.45) is 0 Å². The van der Waals surface area contributed by atoms with Gasteiger partial charge in [0.25, 0.3) is 11.8 Å². The number of hydrogen-bond donors (Lipinski definition) is 5. The van der Waals surface area contributed by atoms with Crippen LogP contribution in [0.2, 0.25) is 0 Å². The maximum atomic E-state index is 13.0. The molecule has 0 saturated carbocycles. The number of hydrogen-bond acceptors (Lipinski definition) is 9. The van der Waals surface area contributed by atoms with Crippen molar-refractivity contribution in [1.29, 1.82) is 0 Å². The number of anilines is 2. The summed E-state index contributed by atoms with van der Waals surface area (Å²) in [5, 5.41) is 33.9. The number of rotatable bonds is 7. The Balaban J connectivity index is 1.96. The summed E-state index contributed by atoms with van der Waals surface area (Å²) in [6.45, 7) is 2.20. The number of aromatic hydroxyl groups is 2. The maximum Gasteiger partial charge on any atom is 0.335 e. The normalized spacial score (nSPS) is 10.2. The molecule has 0 heterocycles. The van der Waals surface area contributed by atoms with E-state index >= 15 is 0 Å². The van der Waals surface area contributed by atoms with Gasteiger partial charge in [0, 0.05) is 25.2 Å². The second-order valence-electron chi connectivity index (χ2n) is 7.51. The number of ether oxygens (including phenoxy) is 2. The van der Waals surface area contributed by atoms with Gasteiger partial charge in [0.1, 0.15) is 0 Å². The SMILES string of the molecule is CC(=O)Oc1cccc(C(=O)Nc2cc(NC(=O)c3cccc(O)c3O)cc(C(=O)O)c2)c1OC(C)=O. The lowest BCUT2D eigenvalue weighted by Gasteiger charge is -2.14. The van der Waals surface area contributed by atoms with Crippen LogP contribution in [0.5, 0.6) is 23.0 Å². The van der Waals surface area contributed by atoms with Gasteiger partial charge in [-0.05, 0) is 42.5 Å². The van der Waals surface area contributed by atoms with Crippen LogP contribution >= 0.6 is 0 Å². The van der Waals surface area contributed by atoms with E-state index in [1.807, 2.05) is 0 Å². The Bertz CT molecular complexity index is 1430. The molecule has 3 aromatic rings. The van der Waals surface area contributed by atoms with E-state index in [0.717, 1.165) is 26.0 Å². The summed E-state index contributed by atoms with van der Waals surface area (Å²) >= 11 is 0. The van der Waals surface area contributed by atoms with Gasteiger partial charge in [-0.2, -0.15) is 0 Å². The Kier molecular flexibility index (Phi) is 7.73. The molecule has 0 fully saturated rings. The fourth-order valence-electron chi connectivity index (χ4n) is 3.19. The lowest BCUT2D eigenvalue weighted by atomic mass is 10.1. The van der Waals surface area contributed by atoms with Gasteiger partial charge < -0.3 is 35.4 Å². The number of carbonyl (C=O) groups is 5. The van der Waals surface area contributed by atoms with Gasteiger partial charge in [-0.1, -0.05) is 12.1 Å². The summed E-state index contributed by atoms with van der Waals surface area (Å²) in [4.78, 5) is 60.2. The molecule has 0 aromatic heterocycles. The fraction of sp³-hybridized carbons (Fsp3) is 0.0800. The smallest absolute Gasteiger partial charge is 0.335 e. The number of carbonyl (C=O) groups excluding carboxylic acids is 4. The lowest BCUT2D eigenvalue weighted by molar-refractivity contribution is -0.134. The van der Waals surface area contributed by atoms with Crippen LogP contribution in [0, 0.1) is 0 Å². The number of amides is 2. The first kappa shape index (κ1) is 26.2. The zero-order valence-electron chi connectivity index (χ0n) is 19.4. The molecule has 3 aromatic carbocycles. The van der Waals surface area contributed by atoms with E-state index in [4.69, 9.17) is 9.47 Å². The Morgan fingerprint density at radius 2 is 1.27 bits per heavy atom. The van der Waals surface area contributed by atoms with E-state index in [0.29, 0.717) is 0 Å². The molecule has 12 nitrogen and oxygen atoms in total. The molecule has 0 aliphatic rings. The average molecular weight is 508 g/mol. The first-order chi connectivity index (χ1) is 17.5. The van der Waals surface area contributed by atoms with E-state index in [1.54, 1.807) is 0 Å². The van der Waals surface area contributed by atoms with Crippen molar-refractivity contribution in [2.45, 2.75) is 13.8 Å². The van der Waals surface area contributed by atoms with Crippen molar-refractivity contribution in [2.75, 3.05) is 10.6 Å². The summed E-state index contributed by atoms with van der Waals surface area (Å²) in [5.74, 6) is -6.31. The van der Waals surface area contributed by atoms with E-state index in [2.05, 4.69) is 10.6 Å². The number of aromatic carboxylic acids is 1. The molecule has 0 bridgehead atoms. The van der Waals surface area contributed by atoms with Crippen molar-refractivity contribution in [3.63, 3.8) is 0 Å². The molecule has 0 aliphatic heterocycles. The standard InChI is InChI=1S/C25H20N2O10/c1-12(28)36-20-8-4-6-18(22(20)37-13(2)29)24(33)27-16-10-14(25(34)35)9-15(11-16)26-23(32)17-5-3-7-19(30)21(17)31/h3-11,30-31H,1-2H3,(H,26,32)(H,27,33)(H,34,35). The molecule has 12 heteroatoms. The van der Waals surface area contributed by atoms with Gasteiger partial charge in [0.2, 0.25) is 0 Å². The van der Waals surface area contributed by atoms with Crippen LogP contribution in [0.1, 0.15) is 44.9 Å². The predicted molar refractivity (Wildman–Crippen MR) is 128 cm³/mol. The van der Waals surface area contributed by atoms with Gasteiger partial charge in [0.15, 0.2) is 23.0 Å². The number of phenols is 2. The van der Waals surface area contributed by atoms with Gasteiger partial charge >= 0.3 is 17.9 Å². The third-order valence-electron chi connectivity index (χ3n) is 4.68. The number of carboxylic acids is 1. The van der Waals surface area contributed by atoms with Crippen molar-refractivity contribution in [3.8, 4) is 23.0 Å². The van der Waals surface area contributed by atoms with E-state index in [1.165, 1.54) is 42.5 Å². The highest BCUT2D eigenvalue weighted by atomic mass is 16.6. The Hall–Kier alpha value is -5.39. The highest BCUT2D eigenvalue weighted by molar-refractivity contribution is 6.10. The first-order valence-corrected chi connectivity index (χ1v) is 10.5. The maximum absolute atomic E-state index is 13.0. The molecule has 0 spiro atoms. The van der Waals surface area contributed by atoms with Crippen molar-refractivity contribution >= 4 is 41.1 Å². The third-order valence-corrected chi connectivity index (χ3v) is 4.68. The highest BCUT2D eigenvalue weighted by Crippen LogP contribution is 2.33. The first-order valence-electron chi connectivity index (χ1n) is 10.5. The fourth-order valence-corrected chi connectivity index (χ4v) is 3.19. The Morgan fingerprint density at radius 1 is 0.730 bits per heavy atom. The van der Waals surface area contributed by atoms with Crippen LogP contribution in [0.3, 0.4) is 0 Å². The van der Waals surface area contributed by atoms with Gasteiger partial charge in [0.05, 0.1) is 16.7 Å². The second kappa shape index (κ2) is 10.9. The molecule has 5 N–H and O–H groups in total. The quantitative estimate of drug-likeness (QED) is 0.180. The van der Waals surface area contributed by atoms with Crippen molar-refractivity contribution in [1.82, 2.24) is 0 Å². The highest BCUT2D eigenvalue weighted by Gasteiger charge is 2.21. The molecule has 0 atom stereocenters. The zero-order chi connectivity index (χ0) is 27.3. The minimum Gasteiger partial charge on any atom is -0.504 e. The van der Waals surface area contributed by atoms with E-state index in [-0.39, 0.29) is 39.6 Å². The molecule has 0 aliphatic carbocycles. The van der Waals surface area contributed by atoms with E-state index in [9.17, 15) is 39.3 Å². The summed E-state index contributed by atoms with van der Waals surface area (Å²) in [6.07, 6.45) is 0.